The van der Waals surface area contributed by atoms with Crippen LogP contribution in [0.15, 0.2) is 40.8 Å². The lowest BCUT2D eigenvalue weighted by molar-refractivity contribution is 0.102. The predicted octanol–water partition coefficient (Wildman–Crippen LogP) is 4.41. The molecule has 0 fully saturated rings. The number of ether oxygens (including phenoxy) is 3. The minimum absolute atomic E-state index is 0.279. The van der Waals surface area contributed by atoms with Gasteiger partial charge in [0.15, 0.2) is 0 Å². The summed E-state index contributed by atoms with van der Waals surface area (Å²) in [5.41, 5.74) is 1.66. The molecule has 1 aromatic heterocycles. The first-order valence-electron chi connectivity index (χ1n) is 8.26. The molecule has 0 saturated carbocycles. The van der Waals surface area contributed by atoms with E-state index in [4.69, 9.17) is 18.6 Å². The highest BCUT2D eigenvalue weighted by Crippen LogP contribution is 2.32. The average molecular weight is 355 g/mol. The van der Waals surface area contributed by atoms with Gasteiger partial charge in [-0.1, -0.05) is 0 Å². The first-order chi connectivity index (χ1) is 12.6. The Morgan fingerprint density at radius 3 is 2.54 bits per heavy atom. The van der Waals surface area contributed by atoms with Gasteiger partial charge in [0.2, 0.25) is 0 Å². The maximum atomic E-state index is 12.9. The molecule has 2 aromatic carbocycles. The number of carbonyl (C=O) groups excluding carboxylic acids is 1. The van der Waals surface area contributed by atoms with Gasteiger partial charge >= 0.3 is 0 Å². The second-order valence-corrected chi connectivity index (χ2v) is 5.64. The zero-order valence-corrected chi connectivity index (χ0v) is 15.2. The van der Waals surface area contributed by atoms with Gasteiger partial charge < -0.3 is 23.9 Å². The van der Waals surface area contributed by atoms with E-state index >= 15 is 0 Å². The van der Waals surface area contributed by atoms with Gasteiger partial charge in [0.25, 0.3) is 5.91 Å². The largest absolute Gasteiger partial charge is 0.497 e. The van der Waals surface area contributed by atoms with Crippen LogP contribution in [-0.2, 0) is 0 Å². The monoisotopic (exact) mass is 355 g/mol. The molecule has 136 valence electrons. The van der Waals surface area contributed by atoms with Crippen molar-refractivity contribution in [1.82, 2.24) is 0 Å². The summed E-state index contributed by atoms with van der Waals surface area (Å²) in [6.07, 6.45) is 0. The fourth-order valence-electron chi connectivity index (χ4n) is 2.82. The quantitative estimate of drug-likeness (QED) is 0.709. The lowest BCUT2D eigenvalue weighted by Crippen LogP contribution is -2.13. The molecule has 0 unspecified atom stereocenters. The molecular weight excluding hydrogens is 334 g/mol. The summed E-state index contributed by atoms with van der Waals surface area (Å²) in [4.78, 5) is 12.9. The van der Waals surface area contributed by atoms with Crippen LogP contribution in [0.3, 0.4) is 0 Å². The standard InChI is InChI=1S/C20H21NO5/c1-5-25-14-7-9-17-15(10-14)19(12(2)26-17)20(22)21-16-8-6-13(23-3)11-18(16)24-4/h6-11H,5H2,1-4H3,(H,21,22). The number of amides is 1. The third kappa shape index (κ3) is 3.31. The zero-order chi connectivity index (χ0) is 18.7. The number of aryl methyl sites for hydroxylation is 1. The van der Waals surface area contributed by atoms with E-state index in [0.717, 1.165) is 0 Å². The van der Waals surface area contributed by atoms with E-state index in [2.05, 4.69) is 5.32 Å². The highest BCUT2D eigenvalue weighted by Gasteiger charge is 2.20. The Bertz CT molecular complexity index is 945. The lowest BCUT2D eigenvalue weighted by Gasteiger charge is -2.11. The number of anilines is 1. The number of methoxy groups -OCH3 is 2. The maximum Gasteiger partial charge on any atom is 0.259 e. The van der Waals surface area contributed by atoms with Crippen LogP contribution in [0.5, 0.6) is 17.2 Å². The van der Waals surface area contributed by atoms with Crippen molar-refractivity contribution in [2.45, 2.75) is 13.8 Å². The molecule has 0 saturated heterocycles. The van der Waals surface area contributed by atoms with E-state index in [0.29, 0.717) is 51.8 Å². The van der Waals surface area contributed by atoms with Crippen LogP contribution < -0.4 is 19.5 Å². The SMILES string of the molecule is CCOc1ccc2oc(C)c(C(=O)Nc3ccc(OC)cc3OC)c2c1. The molecule has 3 aromatic rings. The minimum Gasteiger partial charge on any atom is -0.497 e. The van der Waals surface area contributed by atoms with E-state index in [1.54, 1.807) is 38.3 Å². The fraction of sp³-hybridized carbons (Fsp3) is 0.250. The summed E-state index contributed by atoms with van der Waals surface area (Å²) in [6.45, 7) is 4.22. The van der Waals surface area contributed by atoms with E-state index in [1.165, 1.54) is 7.11 Å². The molecule has 26 heavy (non-hydrogen) atoms. The first-order valence-corrected chi connectivity index (χ1v) is 8.26. The summed E-state index contributed by atoms with van der Waals surface area (Å²) < 4.78 is 21.8. The summed E-state index contributed by atoms with van der Waals surface area (Å²) in [5.74, 6) is 2.11. The van der Waals surface area contributed by atoms with Crippen LogP contribution in [-0.4, -0.2) is 26.7 Å². The van der Waals surface area contributed by atoms with Crippen molar-refractivity contribution in [3.05, 3.63) is 47.7 Å². The molecule has 1 amide bonds. The van der Waals surface area contributed by atoms with Crippen LogP contribution in [0.2, 0.25) is 0 Å². The highest BCUT2D eigenvalue weighted by atomic mass is 16.5. The van der Waals surface area contributed by atoms with Crippen molar-refractivity contribution in [3.63, 3.8) is 0 Å². The Morgan fingerprint density at radius 1 is 1.08 bits per heavy atom. The topological polar surface area (TPSA) is 69.9 Å². The van der Waals surface area contributed by atoms with Crippen LogP contribution in [0.25, 0.3) is 11.0 Å². The van der Waals surface area contributed by atoms with Gasteiger partial charge in [-0.15, -0.1) is 0 Å². The van der Waals surface area contributed by atoms with Crippen LogP contribution in [0, 0.1) is 6.92 Å². The average Bonchev–Trinajstić information content (AvgIpc) is 2.97. The van der Waals surface area contributed by atoms with E-state index in [1.807, 2.05) is 19.1 Å². The first kappa shape index (κ1) is 17.7. The Morgan fingerprint density at radius 2 is 1.85 bits per heavy atom. The molecule has 3 rings (SSSR count). The normalized spacial score (nSPS) is 10.6. The van der Waals surface area contributed by atoms with Crippen molar-refractivity contribution in [2.75, 3.05) is 26.1 Å². The molecule has 0 aliphatic rings. The highest BCUT2D eigenvalue weighted by molar-refractivity contribution is 6.13. The third-order valence-electron chi connectivity index (χ3n) is 4.03. The van der Waals surface area contributed by atoms with Gasteiger partial charge in [-0.05, 0) is 44.2 Å². The van der Waals surface area contributed by atoms with Crippen molar-refractivity contribution < 1.29 is 23.4 Å². The number of benzene rings is 2. The smallest absolute Gasteiger partial charge is 0.259 e. The van der Waals surface area contributed by atoms with E-state index in [9.17, 15) is 4.79 Å². The molecule has 0 bridgehead atoms. The maximum absolute atomic E-state index is 12.9. The minimum atomic E-state index is -0.279. The number of fused-ring (bicyclic) bond motifs is 1. The summed E-state index contributed by atoms with van der Waals surface area (Å²) >= 11 is 0. The van der Waals surface area contributed by atoms with Crippen molar-refractivity contribution in [1.29, 1.82) is 0 Å². The molecule has 0 aliphatic carbocycles. The third-order valence-corrected chi connectivity index (χ3v) is 4.03. The number of nitrogens with one attached hydrogen (secondary N) is 1. The molecule has 0 aliphatic heterocycles. The number of hydrogen-bond donors (Lipinski definition) is 1. The van der Waals surface area contributed by atoms with Gasteiger partial charge in [0, 0.05) is 11.5 Å². The van der Waals surface area contributed by atoms with E-state index in [-0.39, 0.29) is 5.91 Å². The fourth-order valence-corrected chi connectivity index (χ4v) is 2.82. The lowest BCUT2D eigenvalue weighted by atomic mass is 10.1. The molecule has 1 heterocycles. The van der Waals surface area contributed by atoms with Gasteiger partial charge in [-0.2, -0.15) is 0 Å². The summed E-state index contributed by atoms with van der Waals surface area (Å²) in [6, 6.07) is 10.6. The number of hydrogen-bond acceptors (Lipinski definition) is 5. The molecule has 0 radical (unpaired) electrons. The molecule has 1 N–H and O–H groups in total. The summed E-state index contributed by atoms with van der Waals surface area (Å²) in [5, 5.41) is 3.59. The Labute approximate surface area is 151 Å². The zero-order valence-electron chi connectivity index (χ0n) is 15.2. The molecule has 0 atom stereocenters. The number of rotatable bonds is 6. The molecule has 6 nitrogen and oxygen atoms in total. The van der Waals surface area contributed by atoms with Crippen molar-refractivity contribution in [2.24, 2.45) is 0 Å². The second kappa shape index (κ2) is 7.39. The van der Waals surface area contributed by atoms with Crippen LogP contribution in [0.4, 0.5) is 5.69 Å². The van der Waals surface area contributed by atoms with Crippen LogP contribution in [0.1, 0.15) is 23.0 Å². The Hall–Kier alpha value is -3.15. The predicted molar refractivity (Wildman–Crippen MR) is 99.6 cm³/mol. The van der Waals surface area contributed by atoms with Gasteiger partial charge in [-0.25, -0.2) is 0 Å². The van der Waals surface area contributed by atoms with E-state index < -0.39 is 0 Å². The van der Waals surface area contributed by atoms with Crippen molar-refractivity contribution in [3.8, 4) is 17.2 Å². The summed E-state index contributed by atoms with van der Waals surface area (Å²) in [7, 11) is 3.11. The Kier molecular flexibility index (Phi) is 5.02. The number of furan rings is 1. The number of carbonyl (C=O) groups is 1. The van der Waals surface area contributed by atoms with Gasteiger partial charge in [0.1, 0.15) is 28.6 Å². The second-order valence-electron chi connectivity index (χ2n) is 5.64. The Balaban J connectivity index is 1.97. The molecule has 0 spiro atoms. The van der Waals surface area contributed by atoms with Crippen molar-refractivity contribution >= 4 is 22.6 Å². The van der Waals surface area contributed by atoms with Crippen LogP contribution >= 0.6 is 0 Å². The molecule has 6 heteroatoms. The molecular formula is C20H21NO5. The van der Waals surface area contributed by atoms with Gasteiger partial charge in [-0.3, -0.25) is 4.79 Å². The van der Waals surface area contributed by atoms with Gasteiger partial charge in [0.05, 0.1) is 32.1 Å².